The molecule has 0 spiro atoms. The number of nitrogens with zero attached hydrogens (tertiary/aromatic N) is 1. The molecule has 0 saturated carbocycles. The molecule has 0 atom stereocenters. The maximum absolute atomic E-state index is 12.8. The third-order valence-electron chi connectivity index (χ3n) is 3.27. The van der Waals surface area contributed by atoms with Gasteiger partial charge in [-0.15, -0.1) is 0 Å². The van der Waals surface area contributed by atoms with Crippen molar-refractivity contribution in [2.75, 3.05) is 18.5 Å². The fourth-order valence-corrected chi connectivity index (χ4v) is 2.12. The Morgan fingerprint density at radius 2 is 2.05 bits per heavy atom. The van der Waals surface area contributed by atoms with Crippen molar-refractivity contribution in [2.45, 2.75) is 32.4 Å². The predicted octanol–water partition coefficient (Wildman–Crippen LogP) is 3.96. The molecule has 0 aromatic heterocycles. The Morgan fingerprint density at radius 3 is 2.76 bits per heavy atom. The number of rotatable bonds is 1. The number of halogens is 3. The third kappa shape index (κ3) is 4.10. The molecule has 7 heteroatoms. The summed E-state index contributed by atoms with van der Waals surface area (Å²) in [5.41, 5.74) is -0.533. The summed E-state index contributed by atoms with van der Waals surface area (Å²) in [4.78, 5) is 17.2. The van der Waals surface area contributed by atoms with Gasteiger partial charge in [0.2, 0.25) is 0 Å². The molecule has 1 aromatic carbocycles. The van der Waals surface area contributed by atoms with Crippen molar-refractivity contribution in [2.24, 2.45) is 0 Å². The van der Waals surface area contributed by atoms with E-state index in [1.54, 1.807) is 0 Å². The minimum atomic E-state index is -4.44. The average Bonchev–Trinajstić information content (AvgIpc) is 2.68. The zero-order valence-electron chi connectivity index (χ0n) is 11.7. The van der Waals surface area contributed by atoms with E-state index < -0.39 is 17.8 Å². The molecule has 1 aliphatic heterocycles. The number of carbonyl (C=O) groups excluding carboxylic acids is 1. The van der Waals surface area contributed by atoms with Crippen LogP contribution in [0, 0.1) is 6.92 Å². The van der Waals surface area contributed by atoms with Crippen molar-refractivity contribution in [1.82, 2.24) is 5.06 Å². The van der Waals surface area contributed by atoms with Crippen molar-refractivity contribution in [1.29, 1.82) is 0 Å². The first-order chi connectivity index (χ1) is 9.88. The minimum Gasteiger partial charge on any atom is -0.306 e. The number of hydroxylamine groups is 2. The van der Waals surface area contributed by atoms with E-state index in [-0.39, 0.29) is 11.3 Å². The molecule has 1 N–H and O–H groups in total. The predicted molar refractivity (Wildman–Crippen MR) is 71.7 cm³/mol. The van der Waals surface area contributed by atoms with Crippen molar-refractivity contribution in [3.05, 3.63) is 29.3 Å². The van der Waals surface area contributed by atoms with Crippen LogP contribution in [0.25, 0.3) is 0 Å². The smallest absolute Gasteiger partial charge is 0.306 e. The number of anilines is 1. The van der Waals surface area contributed by atoms with Gasteiger partial charge in [-0.1, -0.05) is 6.07 Å². The summed E-state index contributed by atoms with van der Waals surface area (Å²) in [5, 5.41) is 3.61. The normalized spacial score (nSPS) is 16.5. The van der Waals surface area contributed by atoms with Crippen molar-refractivity contribution < 1.29 is 22.8 Å². The van der Waals surface area contributed by atoms with Crippen LogP contribution in [0.3, 0.4) is 0 Å². The number of benzene rings is 1. The van der Waals surface area contributed by atoms with Crippen LogP contribution >= 0.6 is 0 Å². The lowest BCUT2D eigenvalue weighted by molar-refractivity contribution is -0.138. The van der Waals surface area contributed by atoms with Gasteiger partial charge in [0.25, 0.3) is 0 Å². The number of hydrogen-bond donors (Lipinski definition) is 1. The average molecular weight is 302 g/mol. The summed E-state index contributed by atoms with van der Waals surface area (Å²) < 4.78 is 38.5. The monoisotopic (exact) mass is 302 g/mol. The molecular weight excluding hydrogens is 285 g/mol. The lowest BCUT2D eigenvalue weighted by Crippen LogP contribution is -2.35. The Morgan fingerprint density at radius 1 is 1.29 bits per heavy atom. The Bertz CT molecular complexity index is 509. The fourth-order valence-electron chi connectivity index (χ4n) is 2.12. The number of nitrogens with one attached hydrogen (secondary N) is 1. The molecule has 0 aliphatic carbocycles. The highest BCUT2D eigenvalue weighted by Crippen LogP contribution is 2.33. The van der Waals surface area contributed by atoms with E-state index in [1.807, 2.05) is 0 Å². The highest BCUT2D eigenvalue weighted by atomic mass is 19.4. The third-order valence-corrected chi connectivity index (χ3v) is 3.27. The van der Waals surface area contributed by atoms with Gasteiger partial charge in [-0.3, -0.25) is 4.84 Å². The summed E-state index contributed by atoms with van der Waals surface area (Å²) in [5.74, 6) is 0. The van der Waals surface area contributed by atoms with Gasteiger partial charge in [-0.25, -0.2) is 9.86 Å². The summed E-state index contributed by atoms with van der Waals surface area (Å²) in [6, 6.07) is 3.17. The quantitative estimate of drug-likeness (QED) is 0.853. The molecule has 2 rings (SSSR count). The van der Waals surface area contributed by atoms with Crippen molar-refractivity contribution >= 4 is 11.7 Å². The van der Waals surface area contributed by atoms with Crippen LogP contribution in [0.4, 0.5) is 23.7 Å². The molecule has 1 fully saturated rings. The first kappa shape index (κ1) is 15.6. The molecule has 1 aromatic rings. The molecule has 1 saturated heterocycles. The number of aryl methyl sites for hydroxylation is 1. The van der Waals surface area contributed by atoms with Crippen LogP contribution in [0.15, 0.2) is 18.2 Å². The molecule has 4 nitrogen and oxygen atoms in total. The van der Waals surface area contributed by atoms with Gasteiger partial charge in [0.15, 0.2) is 0 Å². The van der Waals surface area contributed by atoms with Gasteiger partial charge in [-0.2, -0.15) is 13.2 Å². The SMILES string of the molecule is Cc1ccc(NC(=O)N2CCCCCO2)cc1C(F)(F)F. The van der Waals surface area contributed by atoms with Gasteiger partial charge in [0, 0.05) is 5.69 Å². The minimum absolute atomic E-state index is 0.103. The zero-order chi connectivity index (χ0) is 15.5. The van der Waals surface area contributed by atoms with Crippen LogP contribution in [-0.4, -0.2) is 24.2 Å². The molecule has 2 amide bonds. The molecule has 0 bridgehead atoms. The molecule has 0 unspecified atom stereocenters. The Balaban J connectivity index is 2.10. The Kier molecular flexibility index (Phi) is 4.72. The van der Waals surface area contributed by atoms with Gasteiger partial charge in [0.05, 0.1) is 18.7 Å². The number of urea groups is 1. The summed E-state index contributed by atoms with van der Waals surface area (Å²) in [7, 11) is 0. The first-order valence-corrected chi connectivity index (χ1v) is 6.77. The molecule has 0 radical (unpaired) electrons. The van der Waals surface area contributed by atoms with E-state index in [0.717, 1.165) is 25.3 Å². The number of carbonyl (C=O) groups is 1. The second-order valence-electron chi connectivity index (χ2n) is 4.95. The molecule has 1 aliphatic rings. The largest absolute Gasteiger partial charge is 0.416 e. The molecule has 21 heavy (non-hydrogen) atoms. The Labute approximate surface area is 120 Å². The second kappa shape index (κ2) is 6.34. The van der Waals surface area contributed by atoms with Crippen LogP contribution in [0.1, 0.15) is 30.4 Å². The topological polar surface area (TPSA) is 41.6 Å². The zero-order valence-corrected chi connectivity index (χ0v) is 11.7. The second-order valence-corrected chi connectivity index (χ2v) is 4.95. The standard InChI is InChI=1S/C14H17F3N2O2/c1-10-5-6-11(9-12(10)14(15,16)17)18-13(20)19-7-3-2-4-8-21-19/h5-6,9H,2-4,7-8H2,1H3,(H,18,20). The highest BCUT2D eigenvalue weighted by Gasteiger charge is 2.32. The van der Waals surface area contributed by atoms with E-state index >= 15 is 0 Å². The number of alkyl halides is 3. The lowest BCUT2D eigenvalue weighted by Gasteiger charge is -2.20. The van der Waals surface area contributed by atoms with E-state index in [9.17, 15) is 18.0 Å². The molecule has 1 heterocycles. The van der Waals surface area contributed by atoms with Crippen LogP contribution in [-0.2, 0) is 11.0 Å². The van der Waals surface area contributed by atoms with Gasteiger partial charge in [-0.05, 0) is 43.9 Å². The van der Waals surface area contributed by atoms with Crippen molar-refractivity contribution in [3.63, 3.8) is 0 Å². The summed E-state index contributed by atoms with van der Waals surface area (Å²) in [6.07, 6.45) is -1.79. The van der Waals surface area contributed by atoms with E-state index in [2.05, 4.69) is 5.32 Å². The van der Waals surface area contributed by atoms with E-state index in [1.165, 1.54) is 24.1 Å². The molecule has 116 valence electrons. The van der Waals surface area contributed by atoms with Crippen LogP contribution in [0.5, 0.6) is 0 Å². The lowest BCUT2D eigenvalue weighted by atomic mass is 10.1. The van der Waals surface area contributed by atoms with Gasteiger partial charge in [0.1, 0.15) is 0 Å². The number of amides is 2. The maximum atomic E-state index is 12.8. The summed E-state index contributed by atoms with van der Waals surface area (Å²) >= 11 is 0. The maximum Gasteiger partial charge on any atom is 0.416 e. The summed E-state index contributed by atoms with van der Waals surface area (Å²) in [6.45, 7) is 2.26. The number of hydrogen-bond acceptors (Lipinski definition) is 2. The highest BCUT2D eigenvalue weighted by molar-refractivity contribution is 5.88. The van der Waals surface area contributed by atoms with Crippen LogP contribution in [0.2, 0.25) is 0 Å². The van der Waals surface area contributed by atoms with Gasteiger partial charge < -0.3 is 5.32 Å². The van der Waals surface area contributed by atoms with E-state index in [0.29, 0.717) is 13.2 Å². The van der Waals surface area contributed by atoms with Gasteiger partial charge >= 0.3 is 12.2 Å². The Hall–Kier alpha value is -1.76. The fraction of sp³-hybridized carbons (Fsp3) is 0.500. The first-order valence-electron chi connectivity index (χ1n) is 6.77. The molecular formula is C14H17F3N2O2. The van der Waals surface area contributed by atoms with Crippen molar-refractivity contribution in [3.8, 4) is 0 Å². The van der Waals surface area contributed by atoms with E-state index in [4.69, 9.17) is 4.84 Å². The van der Waals surface area contributed by atoms with Crippen LogP contribution < -0.4 is 5.32 Å².